The van der Waals surface area contributed by atoms with Crippen LogP contribution < -0.4 is 0 Å². The molecule has 1 fully saturated rings. The van der Waals surface area contributed by atoms with E-state index < -0.39 is 0 Å². The highest BCUT2D eigenvalue weighted by atomic mass is 32.1. The number of benzene rings is 1. The Hall–Kier alpha value is -1.94. The van der Waals surface area contributed by atoms with Crippen molar-refractivity contribution in [1.82, 2.24) is 19.6 Å². The number of hydrogen-bond acceptors (Lipinski definition) is 5. The van der Waals surface area contributed by atoms with Crippen LogP contribution in [0.1, 0.15) is 26.3 Å². The molecule has 1 aliphatic rings. The first-order valence-electron chi connectivity index (χ1n) is 8.94. The maximum absolute atomic E-state index is 5.73. The molecule has 0 N–H and O–H groups in total. The third-order valence-electron chi connectivity index (χ3n) is 4.72. The fourth-order valence-corrected chi connectivity index (χ4v) is 3.21. The Labute approximate surface area is 160 Å². The molecule has 1 aliphatic heterocycles. The van der Waals surface area contributed by atoms with E-state index in [1.165, 1.54) is 5.56 Å². The van der Waals surface area contributed by atoms with Gasteiger partial charge in [-0.1, -0.05) is 38.8 Å². The Morgan fingerprint density at radius 1 is 1.12 bits per heavy atom. The molecule has 26 heavy (non-hydrogen) atoms. The van der Waals surface area contributed by atoms with Crippen molar-refractivity contribution in [3.8, 4) is 23.8 Å². The van der Waals surface area contributed by atoms with E-state index in [9.17, 15) is 0 Å². The summed E-state index contributed by atoms with van der Waals surface area (Å²) in [4.78, 5) is 5.00. The third kappa shape index (κ3) is 4.42. The number of terminal acetylenes is 1. The predicted molar refractivity (Wildman–Crippen MR) is 106 cm³/mol. The normalized spacial score (nSPS) is 16.5. The third-order valence-corrected chi connectivity index (χ3v) is 5.01. The average molecular weight is 371 g/mol. The van der Waals surface area contributed by atoms with Crippen molar-refractivity contribution < 1.29 is 4.42 Å². The fraction of sp³-hybridized carbons (Fsp3) is 0.500. The van der Waals surface area contributed by atoms with E-state index in [1.54, 1.807) is 4.68 Å². The highest BCUT2D eigenvalue weighted by Crippen LogP contribution is 2.25. The Bertz CT molecular complexity index is 830. The molecule has 0 aliphatic carbocycles. The summed E-state index contributed by atoms with van der Waals surface area (Å²) in [5.41, 5.74) is 2.35. The predicted octanol–water partition coefficient (Wildman–Crippen LogP) is 3.38. The summed E-state index contributed by atoms with van der Waals surface area (Å²) >= 11 is 5.36. The largest absolute Gasteiger partial charge is 0.409 e. The van der Waals surface area contributed by atoms with Crippen LogP contribution in [0.15, 0.2) is 28.7 Å². The van der Waals surface area contributed by atoms with Crippen LogP contribution in [0, 0.1) is 17.2 Å². The van der Waals surface area contributed by atoms with Gasteiger partial charge in [-0.05, 0) is 35.3 Å². The van der Waals surface area contributed by atoms with E-state index in [4.69, 9.17) is 23.1 Å². The topological polar surface area (TPSA) is 37.4 Å². The van der Waals surface area contributed by atoms with Crippen molar-refractivity contribution in [2.75, 3.05) is 32.7 Å². The fourth-order valence-electron chi connectivity index (χ4n) is 3.03. The zero-order valence-electron chi connectivity index (χ0n) is 15.7. The van der Waals surface area contributed by atoms with Gasteiger partial charge in [-0.3, -0.25) is 9.80 Å². The van der Waals surface area contributed by atoms with Crippen LogP contribution in [0.25, 0.3) is 11.5 Å². The first-order chi connectivity index (χ1) is 12.4. The molecule has 1 aromatic carbocycles. The number of aromatic nitrogens is 2. The highest BCUT2D eigenvalue weighted by molar-refractivity contribution is 7.71. The van der Waals surface area contributed by atoms with Gasteiger partial charge in [0.25, 0.3) is 4.84 Å². The van der Waals surface area contributed by atoms with E-state index >= 15 is 0 Å². The second kappa shape index (κ2) is 7.75. The lowest BCUT2D eigenvalue weighted by atomic mass is 9.87. The first kappa shape index (κ1) is 18.8. The van der Waals surface area contributed by atoms with Gasteiger partial charge >= 0.3 is 0 Å². The Morgan fingerprint density at radius 3 is 2.31 bits per heavy atom. The van der Waals surface area contributed by atoms with Crippen LogP contribution >= 0.6 is 12.2 Å². The molecule has 3 rings (SSSR count). The molecular weight excluding hydrogens is 344 g/mol. The smallest absolute Gasteiger partial charge is 0.288 e. The van der Waals surface area contributed by atoms with E-state index in [1.807, 2.05) is 12.1 Å². The van der Waals surface area contributed by atoms with Crippen LogP contribution in [0.2, 0.25) is 0 Å². The summed E-state index contributed by atoms with van der Waals surface area (Å²) in [6.45, 7) is 11.8. The van der Waals surface area contributed by atoms with Crippen molar-refractivity contribution in [3.63, 3.8) is 0 Å². The quantitative estimate of drug-likeness (QED) is 0.609. The number of hydrogen-bond donors (Lipinski definition) is 0. The molecule has 6 heteroatoms. The minimum absolute atomic E-state index is 0.125. The highest BCUT2D eigenvalue weighted by Gasteiger charge is 2.18. The summed E-state index contributed by atoms with van der Waals surface area (Å²) in [5, 5.41) is 4.58. The van der Waals surface area contributed by atoms with Crippen LogP contribution in [-0.4, -0.2) is 52.3 Å². The number of piperazine rings is 1. The second-order valence-electron chi connectivity index (χ2n) is 7.74. The van der Waals surface area contributed by atoms with Gasteiger partial charge in [0, 0.05) is 31.7 Å². The number of nitrogens with zero attached hydrogens (tertiary/aromatic N) is 4. The molecular formula is C20H26N4OS. The maximum Gasteiger partial charge on any atom is 0.288 e. The van der Waals surface area contributed by atoms with Gasteiger partial charge < -0.3 is 4.42 Å². The maximum atomic E-state index is 5.73. The molecule has 0 unspecified atom stereocenters. The molecule has 138 valence electrons. The van der Waals surface area contributed by atoms with Crippen molar-refractivity contribution in [3.05, 3.63) is 34.7 Å². The van der Waals surface area contributed by atoms with E-state index in [0.29, 0.717) is 23.9 Å². The summed E-state index contributed by atoms with van der Waals surface area (Å²) in [5.74, 6) is 3.27. The van der Waals surface area contributed by atoms with Gasteiger partial charge in [-0.2, -0.15) is 0 Å². The molecule has 1 aromatic heterocycles. The standard InChI is InChI=1S/C20H26N4OS/c1-5-10-22-11-13-23(14-12-22)15-24-19(26)25-18(21-24)16-6-8-17(9-7-16)20(2,3)4/h1,6-9H,10-15H2,2-4H3. The minimum atomic E-state index is 0.125. The summed E-state index contributed by atoms with van der Waals surface area (Å²) in [7, 11) is 0. The van der Waals surface area contributed by atoms with Crippen molar-refractivity contribution in [2.24, 2.45) is 0 Å². The first-order valence-corrected chi connectivity index (χ1v) is 9.35. The molecule has 5 nitrogen and oxygen atoms in total. The summed E-state index contributed by atoms with van der Waals surface area (Å²) in [6.07, 6.45) is 5.38. The van der Waals surface area contributed by atoms with Crippen molar-refractivity contribution in [1.29, 1.82) is 0 Å². The van der Waals surface area contributed by atoms with Gasteiger partial charge in [0.2, 0.25) is 5.89 Å². The molecule has 2 aromatic rings. The zero-order valence-corrected chi connectivity index (χ0v) is 16.6. The monoisotopic (exact) mass is 370 g/mol. The second-order valence-corrected chi connectivity index (χ2v) is 8.09. The average Bonchev–Trinajstić information content (AvgIpc) is 2.97. The molecule has 2 heterocycles. The molecule has 0 spiro atoms. The molecule has 1 saturated heterocycles. The lowest BCUT2D eigenvalue weighted by Gasteiger charge is -2.33. The van der Waals surface area contributed by atoms with E-state index in [2.05, 4.69) is 53.7 Å². The Morgan fingerprint density at radius 2 is 1.73 bits per heavy atom. The van der Waals surface area contributed by atoms with Crippen LogP contribution in [-0.2, 0) is 12.1 Å². The SMILES string of the molecule is C#CCN1CCN(Cn2nc(-c3ccc(C(C)(C)C)cc3)oc2=S)CC1. The lowest BCUT2D eigenvalue weighted by Crippen LogP contribution is -2.46. The van der Waals surface area contributed by atoms with Crippen LogP contribution in [0.3, 0.4) is 0 Å². The van der Waals surface area contributed by atoms with E-state index in [-0.39, 0.29) is 5.41 Å². The van der Waals surface area contributed by atoms with Crippen LogP contribution in [0.5, 0.6) is 0 Å². The zero-order chi connectivity index (χ0) is 18.7. The van der Waals surface area contributed by atoms with Crippen LogP contribution in [0.4, 0.5) is 0 Å². The van der Waals surface area contributed by atoms with Gasteiger partial charge in [0.1, 0.15) is 0 Å². The number of rotatable bonds is 4. The Kier molecular flexibility index (Phi) is 5.61. The van der Waals surface area contributed by atoms with E-state index in [0.717, 1.165) is 31.7 Å². The molecule has 0 atom stereocenters. The van der Waals surface area contributed by atoms with Gasteiger partial charge in [-0.25, -0.2) is 4.68 Å². The van der Waals surface area contributed by atoms with Gasteiger partial charge in [-0.15, -0.1) is 11.5 Å². The molecule has 0 amide bonds. The Balaban J connectivity index is 1.68. The van der Waals surface area contributed by atoms with Gasteiger partial charge in [0.15, 0.2) is 0 Å². The van der Waals surface area contributed by atoms with Crippen molar-refractivity contribution in [2.45, 2.75) is 32.9 Å². The van der Waals surface area contributed by atoms with Crippen molar-refractivity contribution >= 4 is 12.2 Å². The molecule has 0 bridgehead atoms. The molecule has 0 radical (unpaired) electrons. The lowest BCUT2D eigenvalue weighted by molar-refractivity contribution is 0.110. The summed E-state index contributed by atoms with van der Waals surface area (Å²) < 4.78 is 7.49. The van der Waals surface area contributed by atoms with Gasteiger partial charge in [0.05, 0.1) is 13.2 Å². The molecule has 0 saturated carbocycles. The minimum Gasteiger partial charge on any atom is -0.409 e. The summed E-state index contributed by atoms with van der Waals surface area (Å²) in [6, 6.07) is 8.34.